The van der Waals surface area contributed by atoms with Crippen molar-refractivity contribution in [1.29, 1.82) is 0 Å². The van der Waals surface area contributed by atoms with Crippen LogP contribution in [0.1, 0.15) is 19.3 Å². The molecule has 0 aliphatic carbocycles. The third kappa shape index (κ3) is 7.88. The number of aliphatic hydroxyl groups excluding tert-OH is 1. The van der Waals surface area contributed by atoms with E-state index >= 15 is 0 Å². The van der Waals surface area contributed by atoms with Crippen LogP contribution in [0.2, 0.25) is 0 Å². The molecular formula is C7H17NO2. The van der Waals surface area contributed by atoms with Crippen LogP contribution in [-0.2, 0) is 4.74 Å². The van der Waals surface area contributed by atoms with E-state index in [2.05, 4.69) is 0 Å². The monoisotopic (exact) mass is 147 g/mol. The predicted molar refractivity (Wildman–Crippen MR) is 40.8 cm³/mol. The molecule has 62 valence electrons. The second kappa shape index (κ2) is 8.88. The summed E-state index contributed by atoms with van der Waals surface area (Å²) in [4.78, 5) is 0. The number of hydrogen-bond acceptors (Lipinski definition) is 3. The van der Waals surface area contributed by atoms with Crippen LogP contribution in [0, 0.1) is 0 Å². The molecule has 0 heterocycles. The number of rotatable bonds is 7. The van der Waals surface area contributed by atoms with Gasteiger partial charge in [0.25, 0.3) is 0 Å². The lowest BCUT2D eigenvalue weighted by atomic mass is 10.2. The van der Waals surface area contributed by atoms with Crippen LogP contribution in [0.15, 0.2) is 0 Å². The molecule has 0 spiro atoms. The molecule has 0 saturated carbocycles. The average Bonchev–Trinajstić information content (AvgIpc) is 1.97. The minimum atomic E-state index is 0.289. The summed E-state index contributed by atoms with van der Waals surface area (Å²) in [7, 11) is 0. The molecule has 10 heavy (non-hydrogen) atoms. The van der Waals surface area contributed by atoms with Crippen molar-refractivity contribution < 1.29 is 9.84 Å². The highest BCUT2D eigenvalue weighted by Crippen LogP contribution is 1.93. The van der Waals surface area contributed by atoms with E-state index in [0.29, 0.717) is 13.2 Å². The van der Waals surface area contributed by atoms with Gasteiger partial charge in [-0.25, -0.2) is 0 Å². The molecule has 3 N–H and O–H groups in total. The minimum Gasteiger partial charge on any atom is -0.396 e. The van der Waals surface area contributed by atoms with Crippen molar-refractivity contribution in [3.8, 4) is 0 Å². The fourth-order valence-corrected chi connectivity index (χ4v) is 0.678. The van der Waals surface area contributed by atoms with Crippen LogP contribution in [0.5, 0.6) is 0 Å². The minimum absolute atomic E-state index is 0.289. The van der Waals surface area contributed by atoms with E-state index in [0.717, 1.165) is 25.9 Å². The van der Waals surface area contributed by atoms with Gasteiger partial charge in [0.1, 0.15) is 0 Å². The summed E-state index contributed by atoms with van der Waals surface area (Å²) in [5.41, 5.74) is 5.20. The molecule has 0 aliphatic rings. The zero-order valence-corrected chi connectivity index (χ0v) is 6.38. The maximum Gasteiger partial charge on any atom is 0.0588 e. The van der Waals surface area contributed by atoms with Crippen LogP contribution in [0.25, 0.3) is 0 Å². The van der Waals surface area contributed by atoms with Crippen molar-refractivity contribution in [3.05, 3.63) is 0 Å². The Hall–Kier alpha value is -0.120. The summed E-state index contributed by atoms with van der Waals surface area (Å²) in [5, 5.41) is 8.41. The molecule has 0 aromatic rings. The molecule has 0 aliphatic heterocycles. The van der Waals surface area contributed by atoms with Crippen molar-refractivity contribution in [2.45, 2.75) is 19.3 Å². The highest BCUT2D eigenvalue weighted by molar-refractivity contribution is 4.39. The third-order valence-electron chi connectivity index (χ3n) is 1.21. The fourth-order valence-electron chi connectivity index (χ4n) is 0.678. The highest BCUT2D eigenvalue weighted by Gasteiger charge is 1.87. The lowest BCUT2D eigenvalue weighted by Gasteiger charge is -2.00. The largest absolute Gasteiger partial charge is 0.396 e. The highest BCUT2D eigenvalue weighted by atomic mass is 16.5. The Morgan fingerprint density at radius 2 is 1.90 bits per heavy atom. The lowest BCUT2D eigenvalue weighted by molar-refractivity contribution is 0.135. The summed E-state index contributed by atoms with van der Waals surface area (Å²) in [6.07, 6.45) is 2.95. The Balaban J connectivity index is 2.65. The summed E-state index contributed by atoms with van der Waals surface area (Å²) >= 11 is 0. The van der Waals surface area contributed by atoms with Gasteiger partial charge >= 0.3 is 0 Å². The first-order chi connectivity index (χ1) is 4.91. The Kier molecular flexibility index (Phi) is 8.77. The number of hydrogen-bond donors (Lipinski definition) is 2. The number of nitrogens with two attached hydrogens (primary N) is 1. The number of ether oxygens (including phenoxy) is 1. The van der Waals surface area contributed by atoms with Gasteiger partial charge in [0.05, 0.1) is 6.61 Å². The van der Waals surface area contributed by atoms with Crippen LogP contribution >= 0.6 is 0 Å². The average molecular weight is 147 g/mol. The van der Waals surface area contributed by atoms with Crippen molar-refractivity contribution >= 4 is 0 Å². The maximum absolute atomic E-state index is 8.41. The summed E-state index contributed by atoms with van der Waals surface area (Å²) in [6.45, 7) is 2.31. The molecule has 0 fully saturated rings. The summed E-state index contributed by atoms with van der Waals surface area (Å²) in [6, 6.07) is 0. The lowest BCUT2D eigenvalue weighted by Crippen LogP contribution is -2.08. The normalized spacial score (nSPS) is 10.2. The Labute approximate surface area is 62.2 Å². The van der Waals surface area contributed by atoms with Gasteiger partial charge in [-0.05, 0) is 19.3 Å². The standard InChI is InChI=1S/C7H17NO2/c8-4-7-10-6-3-1-2-5-9/h9H,1-8H2. The van der Waals surface area contributed by atoms with Crippen LogP contribution in [-0.4, -0.2) is 31.5 Å². The van der Waals surface area contributed by atoms with Crippen LogP contribution in [0.4, 0.5) is 0 Å². The molecule has 0 amide bonds. The van der Waals surface area contributed by atoms with Gasteiger partial charge in [-0.2, -0.15) is 0 Å². The van der Waals surface area contributed by atoms with E-state index in [-0.39, 0.29) is 6.61 Å². The van der Waals surface area contributed by atoms with E-state index in [9.17, 15) is 0 Å². The second-order valence-electron chi connectivity index (χ2n) is 2.19. The topological polar surface area (TPSA) is 55.5 Å². The summed E-state index contributed by atoms with van der Waals surface area (Å²) < 4.78 is 5.12. The van der Waals surface area contributed by atoms with Crippen LogP contribution < -0.4 is 5.73 Å². The fraction of sp³-hybridized carbons (Fsp3) is 1.00. The SMILES string of the molecule is NCCOCCCCCO. The molecule has 0 aromatic carbocycles. The van der Waals surface area contributed by atoms with Gasteiger partial charge in [0.2, 0.25) is 0 Å². The first-order valence-electron chi connectivity index (χ1n) is 3.80. The molecule has 0 bridgehead atoms. The summed E-state index contributed by atoms with van der Waals surface area (Å²) in [5.74, 6) is 0. The van der Waals surface area contributed by atoms with Gasteiger partial charge in [-0.15, -0.1) is 0 Å². The van der Waals surface area contributed by atoms with E-state index in [4.69, 9.17) is 15.6 Å². The van der Waals surface area contributed by atoms with Gasteiger partial charge in [0, 0.05) is 19.8 Å². The quantitative estimate of drug-likeness (QED) is 0.503. The smallest absolute Gasteiger partial charge is 0.0588 e. The molecule has 3 nitrogen and oxygen atoms in total. The molecule has 0 unspecified atom stereocenters. The predicted octanol–water partition coefficient (Wildman–Crippen LogP) is 0.124. The van der Waals surface area contributed by atoms with Gasteiger partial charge in [-0.3, -0.25) is 0 Å². The zero-order chi connectivity index (χ0) is 7.66. The molecular weight excluding hydrogens is 130 g/mol. The van der Waals surface area contributed by atoms with E-state index in [1.165, 1.54) is 0 Å². The van der Waals surface area contributed by atoms with Gasteiger partial charge in [-0.1, -0.05) is 0 Å². The molecule has 0 rings (SSSR count). The molecule has 0 radical (unpaired) electrons. The van der Waals surface area contributed by atoms with Gasteiger partial charge in [0.15, 0.2) is 0 Å². The Bertz CT molecular complexity index is 51.6. The van der Waals surface area contributed by atoms with Crippen molar-refractivity contribution in [2.24, 2.45) is 5.73 Å². The zero-order valence-electron chi connectivity index (χ0n) is 6.38. The molecule has 3 heteroatoms. The van der Waals surface area contributed by atoms with Gasteiger partial charge < -0.3 is 15.6 Å². The van der Waals surface area contributed by atoms with E-state index < -0.39 is 0 Å². The first kappa shape index (κ1) is 9.88. The molecule has 0 aromatic heterocycles. The van der Waals surface area contributed by atoms with Crippen molar-refractivity contribution in [1.82, 2.24) is 0 Å². The first-order valence-corrected chi connectivity index (χ1v) is 3.80. The molecule has 0 atom stereocenters. The van der Waals surface area contributed by atoms with E-state index in [1.807, 2.05) is 0 Å². The maximum atomic E-state index is 8.41. The second-order valence-corrected chi connectivity index (χ2v) is 2.19. The van der Waals surface area contributed by atoms with E-state index in [1.54, 1.807) is 0 Å². The molecule has 0 saturated heterocycles. The van der Waals surface area contributed by atoms with Crippen molar-refractivity contribution in [3.63, 3.8) is 0 Å². The van der Waals surface area contributed by atoms with Crippen molar-refractivity contribution in [2.75, 3.05) is 26.4 Å². The number of unbranched alkanes of at least 4 members (excludes halogenated alkanes) is 2. The third-order valence-corrected chi connectivity index (χ3v) is 1.21. The Morgan fingerprint density at radius 1 is 1.10 bits per heavy atom. The van der Waals surface area contributed by atoms with Crippen LogP contribution in [0.3, 0.4) is 0 Å². The number of aliphatic hydroxyl groups is 1. The Morgan fingerprint density at radius 3 is 2.50 bits per heavy atom.